The van der Waals surface area contributed by atoms with E-state index in [1.807, 2.05) is 0 Å². The van der Waals surface area contributed by atoms with Crippen molar-refractivity contribution in [3.63, 3.8) is 0 Å². The Hall–Kier alpha value is -3.58. The second-order valence-electron chi connectivity index (χ2n) is 5.99. The molecule has 1 aliphatic rings. The molecule has 1 heterocycles. The number of fused-ring (bicyclic) bond motifs is 2. The van der Waals surface area contributed by atoms with E-state index in [0.717, 1.165) is 0 Å². The van der Waals surface area contributed by atoms with Gasteiger partial charge in [0.1, 0.15) is 6.20 Å². The normalized spacial score (nSPS) is 12.3. The molecule has 1 aromatic heterocycles. The Balaban J connectivity index is 1.68. The zero-order valence-electron chi connectivity index (χ0n) is 14.2. The van der Waals surface area contributed by atoms with Crippen molar-refractivity contribution < 1.29 is 23.9 Å². The Morgan fingerprint density at radius 2 is 1.75 bits per heavy atom. The predicted octanol–water partition coefficient (Wildman–Crippen LogP) is 2.50. The topological polar surface area (TPSA) is 100 Å². The van der Waals surface area contributed by atoms with Crippen LogP contribution < -0.4 is 4.73 Å². The van der Waals surface area contributed by atoms with Crippen LogP contribution in [0.15, 0.2) is 54.9 Å². The van der Waals surface area contributed by atoms with E-state index in [2.05, 4.69) is 4.98 Å². The van der Waals surface area contributed by atoms with Crippen molar-refractivity contribution in [2.45, 2.75) is 6.61 Å². The molecule has 0 amide bonds. The molecule has 1 aliphatic carbocycles. The maximum absolute atomic E-state index is 12.8. The molecule has 8 heteroatoms. The van der Waals surface area contributed by atoms with Crippen molar-refractivity contribution in [3.05, 3.63) is 98.7 Å². The van der Waals surface area contributed by atoms with Crippen molar-refractivity contribution in [2.24, 2.45) is 0 Å². The highest BCUT2D eigenvalue weighted by Gasteiger charge is 2.33. The minimum atomic E-state index is -0.836. The molecule has 0 N–H and O–H groups in total. The highest BCUT2D eigenvalue weighted by Crippen LogP contribution is 2.34. The number of hydrogen-bond acceptors (Lipinski definition) is 6. The van der Waals surface area contributed by atoms with Crippen molar-refractivity contribution in [1.82, 2.24) is 4.98 Å². The first-order valence-corrected chi connectivity index (χ1v) is 8.58. The second kappa shape index (κ2) is 6.86. The van der Waals surface area contributed by atoms with E-state index >= 15 is 0 Å². The number of benzene rings is 2. The highest BCUT2D eigenvalue weighted by molar-refractivity contribution is 6.41. The smallest absolute Gasteiger partial charge is 0.340 e. The minimum absolute atomic E-state index is 0.00915. The highest BCUT2D eigenvalue weighted by atomic mass is 35.5. The molecular weight excluding hydrogens is 384 g/mol. The lowest BCUT2D eigenvalue weighted by Crippen LogP contribution is -2.33. The monoisotopic (exact) mass is 394 g/mol. The third-order valence-electron chi connectivity index (χ3n) is 4.37. The molecule has 138 valence electrons. The van der Waals surface area contributed by atoms with Crippen LogP contribution in [-0.4, -0.2) is 22.5 Å². The van der Waals surface area contributed by atoms with Crippen LogP contribution in [0.4, 0.5) is 0 Å². The van der Waals surface area contributed by atoms with Gasteiger partial charge in [-0.25, -0.2) is 9.52 Å². The number of esters is 1. The average Bonchev–Trinajstić information content (AvgIpc) is 2.71. The van der Waals surface area contributed by atoms with Crippen molar-refractivity contribution in [3.8, 4) is 0 Å². The summed E-state index contributed by atoms with van der Waals surface area (Å²) in [6, 6.07) is 10.6. The van der Waals surface area contributed by atoms with Gasteiger partial charge in [-0.1, -0.05) is 35.9 Å². The fourth-order valence-corrected chi connectivity index (χ4v) is 3.33. The Kier molecular flexibility index (Phi) is 4.37. The lowest BCUT2D eigenvalue weighted by molar-refractivity contribution is -0.620. The number of ether oxygens (including phenoxy) is 1. The van der Waals surface area contributed by atoms with Gasteiger partial charge in [0.2, 0.25) is 0 Å². The zero-order chi connectivity index (χ0) is 19.8. The van der Waals surface area contributed by atoms with Crippen LogP contribution in [0.2, 0.25) is 5.02 Å². The average molecular weight is 395 g/mol. The number of aromatic nitrogens is 2. The Labute approximate surface area is 163 Å². The number of nitrogens with zero attached hydrogens (tertiary/aromatic N) is 2. The summed E-state index contributed by atoms with van der Waals surface area (Å²) < 4.78 is 5.57. The maximum Gasteiger partial charge on any atom is 0.340 e. The van der Waals surface area contributed by atoms with Gasteiger partial charge in [0, 0.05) is 22.8 Å². The molecule has 0 saturated carbocycles. The van der Waals surface area contributed by atoms with Crippen LogP contribution in [0, 0.1) is 5.21 Å². The van der Waals surface area contributed by atoms with Gasteiger partial charge in [-0.3, -0.25) is 9.59 Å². The van der Waals surface area contributed by atoms with E-state index in [1.54, 1.807) is 18.2 Å². The molecule has 0 atom stereocenters. The van der Waals surface area contributed by atoms with Gasteiger partial charge in [-0.15, -0.1) is 0 Å². The number of ketones is 2. The molecule has 7 nitrogen and oxygen atoms in total. The maximum atomic E-state index is 12.8. The molecule has 0 unspecified atom stereocenters. The minimum Gasteiger partial charge on any atom is -0.711 e. The first kappa shape index (κ1) is 17.8. The Morgan fingerprint density at radius 3 is 2.46 bits per heavy atom. The van der Waals surface area contributed by atoms with Crippen molar-refractivity contribution >= 4 is 29.1 Å². The number of halogens is 1. The van der Waals surface area contributed by atoms with E-state index in [-0.39, 0.29) is 45.5 Å². The van der Waals surface area contributed by atoms with Crippen molar-refractivity contribution in [2.75, 3.05) is 0 Å². The third-order valence-corrected chi connectivity index (χ3v) is 4.76. The Morgan fingerprint density at radius 1 is 1.04 bits per heavy atom. The predicted molar refractivity (Wildman–Crippen MR) is 97.1 cm³/mol. The summed E-state index contributed by atoms with van der Waals surface area (Å²) in [5.74, 6) is -1.62. The van der Waals surface area contributed by atoms with Crippen LogP contribution in [0.3, 0.4) is 0 Å². The fraction of sp³-hybridized carbons (Fsp3) is 0.0500. The number of hydrogen-bond donors (Lipinski definition) is 0. The molecule has 2 aromatic carbocycles. The molecule has 0 aliphatic heterocycles. The molecule has 0 saturated heterocycles. The fourth-order valence-electron chi connectivity index (χ4n) is 3.00. The molecule has 0 radical (unpaired) electrons. The van der Waals surface area contributed by atoms with Gasteiger partial charge < -0.3 is 9.94 Å². The SMILES string of the molecule is O=C(OCc1nccc[n+]1[O-])c1ccc2c(c1Cl)C(=O)c1ccccc1C2=O. The third kappa shape index (κ3) is 2.82. The van der Waals surface area contributed by atoms with Crippen molar-refractivity contribution in [1.29, 1.82) is 0 Å². The van der Waals surface area contributed by atoms with Crippen LogP contribution in [0.1, 0.15) is 48.0 Å². The van der Waals surface area contributed by atoms with Gasteiger partial charge in [-0.05, 0) is 17.1 Å². The molecule has 0 bridgehead atoms. The van der Waals surface area contributed by atoms with E-state index in [1.165, 1.54) is 36.7 Å². The van der Waals surface area contributed by atoms with E-state index < -0.39 is 11.8 Å². The van der Waals surface area contributed by atoms with Crippen LogP contribution in [0.25, 0.3) is 0 Å². The lowest BCUT2D eigenvalue weighted by Gasteiger charge is -2.19. The van der Waals surface area contributed by atoms with E-state index in [4.69, 9.17) is 16.3 Å². The Bertz CT molecular complexity index is 1160. The molecule has 0 fully saturated rings. The van der Waals surface area contributed by atoms with Gasteiger partial charge in [0.05, 0.1) is 22.3 Å². The van der Waals surface area contributed by atoms with Gasteiger partial charge in [0.15, 0.2) is 18.2 Å². The second-order valence-corrected chi connectivity index (χ2v) is 6.37. The quantitative estimate of drug-likeness (QED) is 0.300. The number of carbonyl (C=O) groups excluding carboxylic acids is 3. The molecule has 3 aromatic rings. The van der Waals surface area contributed by atoms with Gasteiger partial charge in [0.25, 0.3) is 0 Å². The van der Waals surface area contributed by atoms with Crippen LogP contribution >= 0.6 is 11.6 Å². The van der Waals surface area contributed by atoms with Crippen LogP contribution in [-0.2, 0) is 11.3 Å². The summed E-state index contributed by atoms with van der Waals surface area (Å²) in [4.78, 5) is 41.7. The van der Waals surface area contributed by atoms with E-state index in [0.29, 0.717) is 10.3 Å². The largest absolute Gasteiger partial charge is 0.711 e. The number of rotatable bonds is 3. The molecule has 4 rings (SSSR count). The van der Waals surface area contributed by atoms with Crippen LogP contribution in [0.5, 0.6) is 0 Å². The summed E-state index contributed by atoms with van der Waals surface area (Å²) >= 11 is 6.30. The number of carbonyl (C=O) groups is 3. The van der Waals surface area contributed by atoms with E-state index in [9.17, 15) is 19.6 Å². The molecular formula is C20H11ClN2O5. The molecule has 28 heavy (non-hydrogen) atoms. The lowest BCUT2D eigenvalue weighted by atomic mass is 9.83. The first-order chi connectivity index (χ1) is 13.5. The summed E-state index contributed by atoms with van der Waals surface area (Å²) in [5, 5.41) is 11.4. The summed E-state index contributed by atoms with van der Waals surface area (Å²) in [5.41, 5.74) is 0.549. The summed E-state index contributed by atoms with van der Waals surface area (Å²) in [7, 11) is 0. The zero-order valence-corrected chi connectivity index (χ0v) is 15.0. The molecule has 0 spiro atoms. The van der Waals surface area contributed by atoms with Gasteiger partial charge >= 0.3 is 11.8 Å². The van der Waals surface area contributed by atoms with Gasteiger partial charge in [-0.2, -0.15) is 0 Å². The first-order valence-electron chi connectivity index (χ1n) is 8.20. The summed E-state index contributed by atoms with van der Waals surface area (Å²) in [6.45, 7) is -0.369. The standard InChI is InChI=1S/C20H11ClN2O5/c21-17-14(20(26)28-10-15-22-8-3-9-23(15)27)7-6-13-16(17)19(25)12-5-2-1-4-11(12)18(13)24/h1-9H,10H2. The summed E-state index contributed by atoms with van der Waals surface area (Å²) in [6.07, 6.45) is 2.62.